The van der Waals surface area contributed by atoms with Crippen LogP contribution in [-0.4, -0.2) is 30.6 Å². The third-order valence-electron chi connectivity index (χ3n) is 2.64. The summed E-state index contributed by atoms with van der Waals surface area (Å²) in [5, 5.41) is 8.59. The first kappa shape index (κ1) is 10.5. The highest BCUT2D eigenvalue weighted by Crippen LogP contribution is 2.19. The van der Waals surface area contributed by atoms with Gasteiger partial charge >= 0.3 is 0 Å². The van der Waals surface area contributed by atoms with Crippen molar-refractivity contribution in [1.29, 1.82) is 5.26 Å². The lowest BCUT2D eigenvalue weighted by molar-refractivity contribution is 0.166. The molecule has 0 radical (unpaired) electrons. The predicted molar refractivity (Wildman–Crippen MR) is 53.0 cm³/mol. The van der Waals surface area contributed by atoms with Gasteiger partial charge in [-0.3, -0.25) is 4.90 Å². The Balaban J connectivity index is 2.38. The second-order valence-electron chi connectivity index (χ2n) is 4.00. The maximum Gasteiger partial charge on any atom is 0.0866 e. The summed E-state index contributed by atoms with van der Waals surface area (Å²) in [6.07, 6.45) is 3.60. The van der Waals surface area contributed by atoms with Crippen LogP contribution in [-0.2, 0) is 0 Å². The summed E-state index contributed by atoms with van der Waals surface area (Å²) in [5.74, 6) is 0.710. The van der Waals surface area contributed by atoms with Crippen molar-refractivity contribution in [2.24, 2.45) is 11.7 Å². The molecule has 0 aromatic rings. The van der Waals surface area contributed by atoms with E-state index in [1.165, 1.54) is 12.8 Å². The summed E-state index contributed by atoms with van der Waals surface area (Å²) in [4.78, 5) is 2.18. The van der Waals surface area contributed by atoms with Crippen LogP contribution in [0.4, 0.5) is 0 Å². The molecule has 3 nitrogen and oxygen atoms in total. The standard InChI is InChI=1S/C10H19N3/c1-2-3-9-6-10(12)8-13(7-9)5-4-11/h9-10H,2-3,5-8,12H2,1H3. The Hall–Kier alpha value is -0.590. The lowest BCUT2D eigenvalue weighted by Crippen LogP contribution is -2.46. The van der Waals surface area contributed by atoms with E-state index in [2.05, 4.69) is 17.9 Å². The van der Waals surface area contributed by atoms with E-state index in [1.54, 1.807) is 0 Å². The van der Waals surface area contributed by atoms with E-state index in [4.69, 9.17) is 11.0 Å². The summed E-state index contributed by atoms with van der Waals surface area (Å²) in [6.45, 7) is 4.70. The summed E-state index contributed by atoms with van der Waals surface area (Å²) in [7, 11) is 0. The first-order valence-corrected chi connectivity index (χ1v) is 5.11. The van der Waals surface area contributed by atoms with Crippen LogP contribution >= 0.6 is 0 Å². The minimum absolute atomic E-state index is 0.277. The van der Waals surface area contributed by atoms with E-state index in [9.17, 15) is 0 Å². The fourth-order valence-corrected chi connectivity index (χ4v) is 2.20. The van der Waals surface area contributed by atoms with E-state index in [-0.39, 0.29) is 6.04 Å². The van der Waals surface area contributed by atoms with E-state index in [0.29, 0.717) is 12.5 Å². The Morgan fingerprint density at radius 2 is 2.31 bits per heavy atom. The molecule has 1 aliphatic heterocycles. The molecule has 2 N–H and O–H groups in total. The molecule has 1 fully saturated rings. The number of nitriles is 1. The number of rotatable bonds is 3. The van der Waals surface area contributed by atoms with Crippen molar-refractivity contribution in [2.45, 2.75) is 32.2 Å². The molecule has 1 aliphatic rings. The van der Waals surface area contributed by atoms with Crippen molar-refractivity contribution in [3.8, 4) is 6.07 Å². The van der Waals surface area contributed by atoms with E-state index >= 15 is 0 Å². The highest BCUT2D eigenvalue weighted by molar-refractivity contribution is 4.86. The summed E-state index contributed by atoms with van der Waals surface area (Å²) in [6, 6.07) is 2.47. The van der Waals surface area contributed by atoms with Gasteiger partial charge in [-0.2, -0.15) is 5.26 Å². The third-order valence-corrected chi connectivity index (χ3v) is 2.64. The first-order chi connectivity index (χ1) is 6.26. The van der Waals surface area contributed by atoms with Crippen molar-refractivity contribution >= 4 is 0 Å². The number of hydrogen-bond acceptors (Lipinski definition) is 3. The number of hydrogen-bond donors (Lipinski definition) is 1. The molecule has 0 bridgehead atoms. The molecule has 0 aromatic carbocycles. The van der Waals surface area contributed by atoms with Crippen molar-refractivity contribution in [3.05, 3.63) is 0 Å². The molecule has 0 spiro atoms. The van der Waals surface area contributed by atoms with Crippen LogP contribution in [0.3, 0.4) is 0 Å². The normalized spacial score (nSPS) is 29.9. The van der Waals surface area contributed by atoms with Crippen molar-refractivity contribution in [1.82, 2.24) is 4.90 Å². The van der Waals surface area contributed by atoms with Gasteiger partial charge in [0.25, 0.3) is 0 Å². The molecule has 1 saturated heterocycles. The van der Waals surface area contributed by atoms with Gasteiger partial charge in [-0.25, -0.2) is 0 Å². The summed E-state index contributed by atoms with van der Waals surface area (Å²) in [5.41, 5.74) is 5.93. The molecular weight excluding hydrogens is 162 g/mol. The van der Waals surface area contributed by atoms with Crippen LogP contribution < -0.4 is 5.73 Å². The Bertz CT molecular complexity index is 185. The summed E-state index contributed by atoms with van der Waals surface area (Å²) >= 11 is 0. The second-order valence-corrected chi connectivity index (χ2v) is 4.00. The van der Waals surface area contributed by atoms with Gasteiger partial charge in [-0.1, -0.05) is 13.3 Å². The fraction of sp³-hybridized carbons (Fsp3) is 0.900. The highest BCUT2D eigenvalue weighted by Gasteiger charge is 2.23. The molecule has 74 valence electrons. The van der Waals surface area contributed by atoms with Gasteiger partial charge in [0.15, 0.2) is 0 Å². The molecule has 1 heterocycles. The van der Waals surface area contributed by atoms with Crippen molar-refractivity contribution < 1.29 is 0 Å². The van der Waals surface area contributed by atoms with Crippen LogP contribution in [0.25, 0.3) is 0 Å². The molecule has 13 heavy (non-hydrogen) atoms. The smallest absolute Gasteiger partial charge is 0.0866 e. The van der Waals surface area contributed by atoms with Gasteiger partial charge in [0.1, 0.15) is 0 Å². The molecule has 1 rings (SSSR count). The first-order valence-electron chi connectivity index (χ1n) is 5.11. The lowest BCUT2D eigenvalue weighted by atomic mass is 9.91. The zero-order valence-corrected chi connectivity index (χ0v) is 8.37. The third kappa shape index (κ3) is 3.33. The van der Waals surface area contributed by atoms with Crippen molar-refractivity contribution in [3.63, 3.8) is 0 Å². The van der Waals surface area contributed by atoms with Crippen LogP contribution in [0.2, 0.25) is 0 Å². The maximum absolute atomic E-state index is 8.59. The second kappa shape index (κ2) is 5.21. The summed E-state index contributed by atoms with van der Waals surface area (Å²) < 4.78 is 0. The number of piperidine rings is 1. The van der Waals surface area contributed by atoms with E-state index < -0.39 is 0 Å². The van der Waals surface area contributed by atoms with Gasteiger partial charge in [-0.05, 0) is 18.8 Å². The topological polar surface area (TPSA) is 53.0 Å². The molecule has 0 aliphatic carbocycles. The van der Waals surface area contributed by atoms with Crippen LogP contribution in [0.5, 0.6) is 0 Å². The minimum atomic E-state index is 0.277. The van der Waals surface area contributed by atoms with Gasteiger partial charge < -0.3 is 5.73 Å². The van der Waals surface area contributed by atoms with Gasteiger partial charge in [0.05, 0.1) is 12.6 Å². The SMILES string of the molecule is CCCC1CC(N)CN(CC#N)C1. The van der Waals surface area contributed by atoms with Gasteiger partial charge in [-0.15, -0.1) is 0 Å². The van der Waals surface area contributed by atoms with Crippen LogP contribution in [0, 0.1) is 17.2 Å². The predicted octanol–water partition coefficient (Wildman–Crippen LogP) is 0.959. The average Bonchev–Trinajstić information content (AvgIpc) is 2.04. The molecule has 0 aromatic heterocycles. The number of likely N-dealkylation sites (tertiary alicyclic amines) is 1. The largest absolute Gasteiger partial charge is 0.327 e. The van der Waals surface area contributed by atoms with Crippen molar-refractivity contribution in [2.75, 3.05) is 19.6 Å². The molecule has 3 heteroatoms. The Morgan fingerprint density at radius 1 is 1.54 bits per heavy atom. The van der Waals surface area contributed by atoms with Crippen LogP contribution in [0.15, 0.2) is 0 Å². The zero-order chi connectivity index (χ0) is 9.68. The van der Waals surface area contributed by atoms with Gasteiger partial charge in [0, 0.05) is 19.1 Å². The monoisotopic (exact) mass is 181 g/mol. The Kier molecular flexibility index (Phi) is 4.20. The Morgan fingerprint density at radius 3 is 2.92 bits per heavy atom. The quantitative estimate of drug-likeness (QED) is 0.660. The number of nitrogens with zero attached hydrogens (tertiary/aromatic N) is 2. The zero-order valence-electron chi connectivity index (χ0n) is 8.37. The molecular formula is C10H19N3. The highest BCUT2D eigenvalue weighted by atomic mass is 15.1. The maximum atomic E-state index is 8.59. The van der Waals surface area contributed by atoms with E-state index in [0.717, 1.165) is 19.5 Å². The minimum Gasteiger partial charge on any atom is -0.327 e. The lowest BCUT2D eigenvalue weighted by Gasteiger charge is -2.34. The molecule has 2 atom stereocenters. The molecule has 2 unspecified atom stereocenters. The van der Waals surface area contributed by atoms with Gasteiger partial charge in [0.2, 0.25) is 0 Å². The number of nitrogens with two attached hydrogens (primary N) is 1. The Labute approximate surface area is 80.5 Å². The fourth-order valence-electron chi connectivity index (χ4n) is 2.20. The molecule has 0 saturated carbocycles. The van der Waals surface area contributed by atoms with Crippen LogP contribution in [0.1, 0.15) is 26.2 Å². The molecule has 0 amide bonds. The average molecular weight is 181 g/mol. The van der Waals surface area contributed by atoms with E-state index in [1.807, 2.05) is 0 Å².